The van der Waals surface area contributed by atoms with Gasteiger partial charge < -0.3 is 15.9 Å². The molecular formula is C13H17F2NO4. The molecule has 2 aliphatic carbocycles. The Balaban J connectivity index is 0.000000217. The molecule has 0 aromatic carbocycles. The largest absolute Gasteiger partial charge is 0.481 e. The van der Waals surface area contributed by atoms with Crippen molar-refractivity contribution in [2.24, 2.45) is 11.7 Å². The average molecular weight is 289 g/mol. The number of halogens is 2. The molecule has 1 fully saturated rings. The fourth-order valence-electron chi connectivity index (χ4n) is 2.22. The molecule has 2 aliphatic rings. The number of rotatable bonds is 2. The van der Waals surface area contributed by atoms with Crippen LogP contribution in [-0.2, 0) is 9.59 Å². The van der Waals surface area contributed by atoms with E-state index in [0.717, 1.165) is 19.3 Å². The zero-order valence-electron chi connectivity index (χ0n) is 10.8. The van der Waals surface area contributed by atoms with Crippen LogP contribution in [0.1, 0.15) is 32.1 Å². The first-order valence-corrected chi connectivity index (χ1v) is 6.27. The van der Waals surface area contributed by atoms with E-state index in [-0.39, 0.29) is 18.4 Å². The Morgan fingerprint density at radius 2 is 1.95 bits per heavy atom. The summed E-state index contributed by atoms with van der Waals surface area (Å²) >= 11 is 0. The van der Waals surface area contributed by atoms with E-state index in [2.05, 4.69) is 0 Å². The molecular weight excluding hydrogens is 272 g/mol. The van der Waals surface area contributed by atoms with Gasteiger partial charge in [-0.1, -0.05) is 6.08 Å². The highest BCUT2D eigenvalue weighted by molar-refractivity contribution is 5.86. The molecule has 0 bridgehead atoms. The minimum Gasteiger partial charge on any atom is -0.481 e. The Kier molecular flexibility index (Phi) is 5.82. The fraction of sp³-hybridized carbons (Fsp3) is 0.538. The first-order valence-electron chi connectivity index (χ1n) is 6.27. The Morgan fingerprint density at radius 3 is 2.20 bits per heavy atom. The molecule has 2 rings (SSSR count). The lowest BCUT2D eigenvalue weighted by Gasteiger charge is -2.00. The second-order valence-electron chi connectivity index (χ2n) is 4.79. The normalized spacial score (nSPS) is 24.8. The van der Waals surface area contributed by atoms with Crippen LogP contribution in [0.2, 0.25) is 0 Å². The number of allylic oxidation sites excluding steroid dienone is 1. The van der Waals surface area contributed by atoms with Crippen molar-refractivity contribution in [1.82, 2.24) is 0 Å². The van der Waals surface area contributed by atoms with Crippen molar-refractivity contribution >= 4 is 11.9 Å². The lowest BCUT2D eigenvalue weighted by atomic mass is 10.1. The topological polar surface area (TPSA) is 101 Å². The zero-order valence-corrected chi connectivity index (χ0v) is 10.8. The number of aliphatic carboxylic acids is 2. The molecule has 0 aliphatic heterocycles. The molecule has 2 atom stereocenters. The van der Waals surface area contributed by atoms with E-state index >= 15 is 0 Å². The number of carbonyl (C=O) groups is 2. The van der Waals surface area contributed by atoms with Crippen molar-refractivity contribution in [3.05, 3.63) is 23.3 Å². The van der Waals surface area contributed by atoms with E-state index in [1.807, 2.05) is 0 Å². The summed E-state index contributed by atoms with van der Waals surface area (Å²) in [7, 11) is 0. The maximum atomic E-state index is 12.0. The van der Waals surface area contributed by atoms with Gasteiger partial charge in [0, 0.05) is 17.2 Å². The van der Waals surface area contributed by atoms with Gasteiger partial charge in [0.05, 0.1) is 5.92 Å². The maximum absolute atomic E-state index is 12.0. The lowest BCUT2D eigenvalue weighted by Crippen LogP contribution is -2.19. The van der Waals surface area contributed by atoms with Crippen molar-refractivity contribution < 1.29 is 28.6 Å². The van der Waals surface area contributed by atoms with Crippen molar-refractivity contribution in [1.29, 1.82) is 0 Å². The van der Waals surface area contributed by atoms with Gasteiger partial charge in [0.15, 0.2) is 0 Å². The molecule has 0 saturated heterocycles. The quantitative estimate of drug-likeness (QED) is 0.723. The molecule has 112 valence electrons. The molecule has 0 amide bonds. The monoisotopic (exact) mass is 289 g/mol. The molecule has 7 heteroatoms. The van der Waals surface area contributed by atoms with Crippen LogP contribution in [0.15, 0.2) is 23.3 Å². The maximum Gasteiger partial charge on any atom is 0.331 e. The summed E-state index contributed by atoms with van der Waals surface area (Å²) in [5, 5.41) is 16.9. The summed E-state index contributed by atoms with van der Waals surface area (Å²) in [5.41, 5.74) is 5.69. The lowest BCUT2D eigenvalue weighted by molar-refractivity contribution is -0.141. The van der Waals surface area contributed by atoms with Crippen molar-refractivity contribution in [2.75, 3.05) is 0 Å². The SMILES string of the molecule is N[C@H]1C[C@@H](C(=O)O)CC1=C(F)F.O=C(O)C1=CCCC1. The third-order valence-electron chi connectivity index (χ3n) is 3.36. The Labute approximate surface area is 114 Å². The second-order valence-corrected chi connectivity index (χ2v) is 4.79. The standard InChI is InChI=1S/C7H9F2NO2.C6H8O2/c8-6(9)4-1-3(7(11)12)2-5(4)10;7-6(8)5-3-1-2-4-5/h3,5H,1-2,10H2,(H,11,12);3H,1-2,4H2,(H,7,8)/t3-,5-;/m0./s1. The van der Waals surface area contributed by atoms with Gasteiger partial charge in [-0.2, -0.15) is 8.78 Å². The zero-order chi connectivity index (χ0) is 15.3. The summed E-state index contributed by atoms with van der Waals surface area (Å²) in [6.07, 6.45) is 2.69. The highest BCUT2D eigenvalue weighted by Crippen LogP contribution is 2.32. The van der Waals surface area contributed by atoms with E-state index in [0.29, 0.717) is 5.57 Å². The average Bonchev–Trinajstić information content (AvgIpc) is 2.97. The van der Waals surface area contributed by atoms with Gasteiger partial charge in [0.25, 0.3) is 6.08 Å². The molecule has 0 unspecified atom stereocenters. The molecule has 0 spiro atoms. The van der Waals surface area contributed by atoms with Crippen molar-refractivity contribution in [3.63, 3.8) is 0 Å². The predicted molar refractivity (Wildman–Crippen MR) is 67.1 cm³/mol. The second kappa shape index (κ2) is 7.14. The molecule has 0 aromatic rings. The number of hydrogen-bond donors (Lipinski definition) is 3. The minimum atomic E-state index is -1.83. The van der Waals surface area contributed by atoms with Crippen LogP contribution >= 0.6 is 0 Å². The summed E-state index contributed by atoms with van der Waals surface area (Å²) in [4.78, 5) is 20.5. The summed E-state index contributed by atoms with van der Waals surface area (Å²) < 4.78 is 24.1. The molecule has 0 radical (unpaired) electrons. The van der Waals surface area contributed by atoms with Gasteiger partial charge >= 0.3 is 11.9 Å². The number of carboxylic acids is 2. The van der Waals surface area contributed by atoms with Crippen LogP contribution in [0.25, 0.3) is 0 Å². The Hall–Kier alpha value is -1.76. The van der Waals surface area contributed by atoms with Gasteiger partial charge in [0.1, 0.15) is 0 Å². The van der Waals surface area contributed by atoms with E-state index < -0.39 is 30.0 Å². The molecule has 0 aromatic heterocycles. The number of hydrogen-bond acceptors (Lipinski definition) is 3. The molecule has 20 heavy (non-hydrogen) atoms. The van der Waals surface area contributed by atoms with Crippen LogP contribution in [0, 0.1) is 5.92 Å². The van der Waals surface area contributed by atoms with Gasteiger partial charge in [-0.3, -0.25) is 4.79 Å². The summed E-state index contributed by atoms with van der Waals surface area (Å²) in [5.74, 6) is -2.54. The van der Waals surface area contributed by atoms with Crippen LogP contribution in [-0.4, -0.2) is 28.2 Å². The van der Waals surface area contributed by atoms with Gasteiger partial charge in [0.2, 0.25) is 0 Å². The Bertz CT molecular complexity index is 455. The molecule has 5 nitrogen and oxygen atoms in total. The van der Waals surface area contributed by atoms with Crippen LogP contribution in [0.5, 0.6) is 0 Å². The molecule has 4 N–H and O–H groups in total. The predicted octanol–water partition coefficient (Wildman–Crippen LogP) is 2.14. The van der Waals surface area contributed by atoms with Gasteiger partial charge in [-0.15, -0.1) is 0 Å². The number of nitrogens with two attached hydrogens (primary N) is 1. The Morgan fingerprint density at radius 1 is 1.30 bits per heavy atom. The van der Waals surface area contributed by atoms with Gasteiger partial charge in [-0.25, -0.2) is 4.79 Å². The first-order chi connectivity index (χ1) is 9.32. The van der Waals surface area contributed by atoms with Crippen LogP contribution in [0.4, 0.5) is 8.78 Å². The highest BCUT2D eigenvalue weighted by Gasteiger charge is 2.34. The smallest absolute Gasteiger partial charge is 0.331 e. The third-order valence-corrected chi connectivity index (χ3v) is 3.36. The third kappa shape index (κ3) is 4.41. The van der Waals surface area contributed by atoms with E-state index in [4.69, 9.17) is 15.9 Å². The summed E-state index contributed by atoms with van der Waals surface area (Å²) in [6, 6.07) is -0.781. The molecule has 1 saturated carbocycles. The molecule has 0 heterocycles. The minimum absolute atomic E-state index is 0.112. The first kappa shape index (κ1) is 16.3. The number of carboxylic acid groups (broad SMARTS) is 2. The van der Waals surface area contributed by atoms with Crippen molar-refractivity contribution in [2.45, 2.75) is 38.1 Å². The van der Waals surface area contributed by atoms with Crippen LogP contribution < -0.4 is 5.73 Å². The van der Waals surface area contributed by atoms with E-state index in [9.17, 15) is 18.4 Å². The fourth-order valence-corrected chi connectivity index (χ4v) is 2.22. The van der Waals surface area contributed by atoms with Gasteiger partial charge in [-0.05, 0) is 32.1 Å². The summed E-state index contributed by atoms with van der Waals surface area (Å²) in [6.45, 7) is 0. The van der Waals surface area contributed by atoms with E-state index in [1.165, 1.54) is 0 Å². The van der Waals surface area contributed by atoms with E-state index in [1.54, 1.807) is 6.08 Å². The van der Waals surface area contributed by atoms with Crippen LogP contribution in [0.3, 0.4) is 0 Å². The highest BCUT2D eigenvalue weighted by atomic mass is 19.3. The van der Waals surface area contributed by atoms with Crippen molar-refractivity contribution in [3.8, 4) is 0 Å².